The largest absolute Gasteiger partial charge is 0.345 e. The number of likely N-dealkylation sites (tertiary alicyclic amines) is 1. The van der Waals surface area contributed by atoms with Crippen molar-refractivity contribution >= 4 is 33.5 Å². The van der Waals surface area contributed by atoms with Gasteiger partial charge in [0.2, 0.25) is 0 Å². The highest BCUT2D eigenvalue weighted by Gasteiger charge is 2.18. The molecule has 3 aromatic rings. The molecule has 1 aliphatic rings. The van der Waals surface area contributed by atoms with Crippen LogP contribution in [0.2, 0.25) is 0 Å². The molecule has 0 radical (unpaired) electrons. The smallest absolute Gasteiger partial charge is 0.323 e. The van der Waals surface area contributed by atoms with Crippen molar-refractivity contribution < 1.29 is 4.79 Å². The first-order valence-electron chi connectivity index (χ1n) is 7.75. The number of anilines is 1. The van der Waals surface area contributed by atoms with E-state index >= 15 is 0 Å². The Morgan fingerprint density at radius 3 is 3.04 bits per heavy atom. The van der Waals surface area contributed by atoms with Gasteiger partial charge in [-0.25, -0.2) is 14.8 Å². The summed E-state index contributed by atoms with van der Waals surface area (Å²) in [7, 11) is 0. The van der Waals surface area contributed by atoms with Gasteiger partial charge in [0.25, 0.3) is 0 Å². The summed E-state index contributed by atoms with van der Waals surface area (Å²) in [5, 5.41) is 6.54. The lowest BCUT2D eigenvalue weighted by atomic mass is 10.1. The molecule has 1 fully saturated rings. The highest BCUT2D eigenvalue weighted by molar-refractivity contribution is 7.14. The predicted molar refractivity (Wildman–Crippen MR) is 91.6 cm³/mol. The number of aromatic amines is 1. The monoisotopic (exact) mass is 327 g/mol. The van der Waals surface area contributed by atoms with Gasteiger partial charge in [0.15, 0.2) is 5.13 Å². The Labute approximate surface area is 137 Å². The van der Waals surface area contributed by atoms with Gasteiger partial charge in [-0.15, -0.1) is 11.3 Å². The molecule has 1 aliphatic heterocycles. The van der Waals surface area contributed by atoms with Gasteiger partial charge in [-0.2, -0.15) is 0 Å². The number of rotatable bonds is 2. The van der Waals surface area contributed by atoms with E-state index in [1.165, 1.54) is 17.8 Å². The molecule has 2 N–H and O–H groups in total. The first kappa shape index (κ1) is 14.2. The number of amides is 2. The second-order valence-electron chi connectivity index (χ2n) is 5.62. The quantitative estimate of drug-likeness (QED) is 0.753. The molecule has 0 saturated carbocycles. The fourth-order valence-corrected chi connectivity index (χ4v) is 3.59. The third kappa shape index (κ3) is 2.79. The molecule has 23 heavy (non-hydrogen) atoms. The molecule has 1 saturated heterocycles. The molecule has 0 spiro atoms. The van der Waals surface area contributed by atoms with Gasteiger partial charge in [0.1, 0.15) is 5.65 Å². The van der Waals surface area contributed by atoms with Crippen LogP contribution in [-0.4, -0.2) is 39.0 Å². The first-order chi connectivity index (χ1) is 11.3. The van der Waals surface area contributed by atoms with E-state index in [0.717, 1.165) is 48.2 Å². The molecule has 2 amide bonds. The van der Waals surface area contributed by atoms with Crippen molar-refractivity contribution in [3.63, 3.8) is 0 Å². The van der Waals surface area contributed by atoms with Gasteiger partial charge in [-0.3, -0.25) is 5.32 Å². The van der Waals surface area contributed by atoms with E-state index in [4.69, 9.17) is 0 Å². The van der Waals surface area contributed by atoms with Crippen molar-refractivity contribution in [3.05, 3.63) is 29.9 Å². The number of nitrogens with one attached hydrogen (secondary N) is 2. The van der Waals surface area contributed by atoms with Crippen molar-refractivity contribution in [2.75, 3.05) is 18.4 Å². The molecular formula is C16H17N5OS. The number of nitrogens with zero attached hydrogens (tertiary/aromatic N) is 3. The highest BCUT2D eigenvalue weighted by atomic mass is 32.1. The average molecular weight is 327 g/mol. The minimum Gasteiger partial charge on any atom is -0.345 e. The number of H-pyrrole nitrogens is 1. The van der Waals surface area contributed by atoms with E-state index in [1.54, 1.807) is 6.20 Å². The molecule has 3 aromatic heterocycles. The number of carbonyl (C=O) groups is 1. The SMILES string of the molecule is O=C(Nc1nc(-c2c[nH]c3ncccc23)cs1)N1CCCCC1. The van der Waals surface area contributed by atoms with E-state index < -0.39 is 0 Å². The molecule has 6 nitrogen and oxygen atoms in total. The van der Waals surface area contributed by atoms with E-state index in [9.17, 15) is 4.79 Å². The summed E-state index contributed by atoms with van der Waals surface area (Å²) in [6, 6.07) is 3.87. The zero-order valence-corrected chi connectivity index (χ0v) is 13.4. The molecule has 0 aromatic carbocycles. The number of pyridine rings is 1. The third-order valence-corrected chi connectivity index (χ3v) is 4.85. The number of aromatic nitrogens is 3. The van der Waals surface area contributed by atoms with Crippen molar-refractivity contribution in [3.8, 4) is 11.3 Å². The van der Waals surface area contributed by atoms with Crippen LogP contribution in [0.4, 0.5) is 9.93 Å². The fourth-order valence-electron chi connectivity index (χ4n) is 2.89. The maximum atomic E-state index is 12.2. The summed E-state index contributed by atoms with van der Waals surface area (Å²) < 4.78 is 0. The lowest BCUT2D eigenvalue weighted by Crippen LogP contribution is -2.38. The van der Waals surface area contributed by atoms with Crippen LogP contribution in [0.3, 0.4) is 0 Å². The number of carbonyl (C=O) groups excluding carboxylic acids is 1. The van der Waals surface area contributed by atoms with Gasteiger partial charge in [0.05, 0.1) is 5.69 Å². The Morgan fingerprint density at radius 2 is 2.17 bits per heavy atom. The molecule has 0 aliphatic carbocycles. The molecule has 0 bridgehead atoms. The highest BCUT2D eigenvalue weighted by Crippen LogP contribution is 2.30. The van der Waals surface area contributed by atoms with Gasteiger partial charge in [0, 0.05) is 41.8 Å². The second-order valence-corrected chi connectivity index (χ2v) is 6.48. The average Bonchev–Trinajstić information content (AvgIpc) is 3.22. The van der Waals surface area contributed by atoms with Crippen LogP contribution in [0.5, 0.6) is 0 Å². The minimum atomic E-state index is -0.0498. The molecule has 4 rings (SSSR count). The summed E-state index contributed by atoms with van der Waals surface area (Å²) in [5.74, 6) is 0. The minimum absolute atomic E-state index is 0.0498. The lowest BCUT2D eigenvalue weighted by molar-refractivity contribution is 0.200. The topological polar surface area (TPSA) is 73.9 Å². The lowest BCUT2D eigenvalue weighted by Gasteiger charge is -2.26. The fraction of sp³-hybridized carbons (Fsp3) is 0.312. The summed E-state index contributed by atoms with van der Waals surface area (Å²) in [6.07, 6.45) is 7.04. The maximum Gasteiger partial charge on any atom is 0.323 e. The summed E-state index contributed by atoms with van der Waals surface area (Å²) in [5.41, 5.74) is 2.69. The normalized spacial score (nSPS) is 15.0. The first-order valence-corrected chi connectivity index (χ1v) is 8.63. The summed E-state index contributed by atoms with van der Waals surface area (Å²) in [4.78, 5) is 26.1. The van der Waals surface area contributed by atoms with Gasteiger partial charge >= 0.3 is 6.03 Å². The standard InChI is InChI=1S/C16H17N5OS/c22-16(21-7-2-1-3-8-21)20-15-19-13(10-23-15)12-9-18-14-11(12)5-4-6-17-14/h4-6,9-10H,1-3,7-8H2,(H,17,18)(H,19,20,22). The number of piperidine rings is 1. The van der Waals surface area contributed by atoms with Crippen LogP contribution in [-0.2, 0) is 0 Å². The van der Waals surface area contributed by atoms with Crippen LogP contribution in [0, 0.1) is 0 Å². The Bertz CT molecular complexity index is 834. The second kappa shape index (κ2) is 6.00. The van der Waals surface area contributed by atoms with Crippen molar-refractivity contribution in [1.29, 1.82) is 0 Å². The third-order valence-electron chi connectivity index (χ3n) is 4.09. The Balaban J connectivity index is 1.53. The molecule has 0 unspecified atom stereocenters. The number of hydrogen-bond acceptors (Lipinski definition) is 4. The number of urea groups is 1. The molecule has 7 heteroatoms. The molecular weight excluding hydrogens is 310 g/mol. The Kier molecular flexibility index (Phi) is 3.70. The number of thiazole rings is 1. The zero-order chi connectivity index (χ0) is 15.6. The van der Waals surface area contributed by atoms with Crippen LogP contribution < -0.4 is 5.32 Å². The van der Waals surface area contributed by atoms with Gasteiger partial charge < -0.3 is 9.88 Å². The van der Waals surface area contributed by atoms with E-state index in [2.05, 4.69) is 20.3 Å². The van der Waals surface area contributed by atoms with Crippen LogP contribution in [0.15, 0.2) is 29.9 Å². The van der Waals surface area contributed by atoms with Gasteiger partial charge in [-0.05, 0) is 31.4 Å². The Morgan fingerprint density at radius 1 is 1.30 bits per heavy atom. The van der Waals surface area contributed by atoms with E-state index in [1.807, 2.05) is 28.6 Å². The molecule has 4 heterocycles. The van der Waals surface area contributed by atoms with Crippen molar-refractivity contribution in [2.45, 2.75) is 19.3 Å². The van der Waals surface area contributed by atoms with Crippen LogP contribution in [0.25, 0.3) is 22.3 Å². The molecule has 0 atom stereocenters. The predicted octanol–water partition coefficient (Wildman–Crippen LogP) is 3.70. The van der Waals surface area contributed by atoms with E-state index in [0.29, 0.717) is 5.13 Å². The van der Waals surface area contributed by atoms with Crippen LogP contribution in [0.1, 0.15) is 19.3 Å². The van der Waals surface area contributed by atoms with E-state index in [-0.39, 0.29) is 6.03 Å². The van der Waals surface area contributed by atoms with Crippen molar-refractivity contribution in [1.82, 2.24) is 19.9 Å². The van der Waals surface area contributed by atoms with Crippen LogP contribution >= 0.6 is 11.3 Å². The zero-order valence-electron chi connectivity index (χ0n) is 12.6. The maximum absolute atomic E-state index is 12.2. The van der Waals surface area contributed by atoms with Crippen molar-refractivity contribution in [2.24, 2.45) is 0 Å². The van der Waals surface area contributed by atoms with Gasteiger partial charge in [-0.1, -0.05) is 0 Å². The summed E-state index contributed by atoms with van der Waals surface area (Å²) >= 11 is 1.44. The molecule has 118 valence electrons. The Hall–Kier alpha value is -2.41. The summed E-state index contributed by atoms with van der Waals surface area (Å²) in [6.45, 7) is 1.66. The number of hydrogen-bond donors (Lipinski definition) is 2. The number of fused-ring (bicyclic) bond motifs is 1.